The smallest absolute Gasteiger partial charge is 0.0678 e. The summed E-state index contributed by atoms with van der Waals surface area (Å²) in [5.41, 5.74) is 0.478. The third kappa shape index (κ3) is 4.57. The Hall–Kier alpha value is -0.120. The van der Waals surface area contributed by atoms with Crippen LogP contribution in [-0.4, -0.2) is 50.5 Å². The summed E-state index contributed by atoms with van der Waals surface area (Å²) in [6.45, 7) is 12.6. The van der Waals surface area contributed by atoms with Crippen LogP contribution in [0.15, 0.2) is 0 Å². The SMILES string of the molecule is CC.COCC1(CN2CC(C)OC(C)C2)CC1. The van der Waals surface area contributed by atoms with Crippen molar-refractivity contribution in [1.29, 1.82) is 0 Å². The standard InChI is InChI=1S/C12H23NO2.C2H6/c1-10-6-13(7-11(2)15-10)8-12(4-5-12)9-14-3;1-2/h10-11H,4-9H2,1-3H3;1-2H3. The number of nitrogens with zero attached hydrogens (tertiary/aromatic N) is 1. The van der Waals surface area contributed by atoms with E-state index in [1.807, 2.05) is 21.0 Å². The fourth-order valence-electron chi connectivity index (χ4n) is 2.72. The van der Waals surface area contributed by atoms with Crippen LogP contribution in [0.1, 0.15) is 40.5 Å². The Morgan fingerprint density at radius 2 is 1.71 bits per heavy atom. The molecular weight excluding hydrogens is 214 g/mol. The van der Waals surface area contributed by atoms with Crippen LogP contribution >= 0.6 is 0 Å². The van der Waals surface area contributed by atoms with Crippen LogP contribution in [0.25, 0.3) is 0 Å². The Bertz CT molecular complexity index is 206. The van der Waals surface area contributed by atoms with Crippen molar-refractivity contribution in [2.75, 3.05) is 33.4 Å². The van der Waals surface area contributed by atoms with Crippen LogP contribution in [0.2, 0.25) is 0 Å². The third-order valence-corrected chi connectivity index (χ3v) is 3.46. The zero-order valence-corrected chi connectivity index (χ0v) is 12.2. The molecule has 17 heavy (non-hydrogen) atoms. The van der Waals surface area contributed by atoms with Gasteiger partial charge >= 0.3 is 0 Å². The van der Waals surface area contributed by atoms with Gasteiger partial charge in [0.15, 0.2) is 0 Å². The summed E-state index contributed by atoms with van der Waals surface area (Å²) in [7, 11) is 1.81. The zero-order chi connectivity index (χ0) is 12.9. The number of morpholine rings is 1. The van der Waals surface area contributed by atoms with Gasteiger partial charge in [0.05, 0.1) is 18.8 Å². The molecule has 102 valence electrons. The summed E-state index contributed by atoms with van der Waals surface area (Å²) >= 11 is 0. The Kier molecular flexibility index (Phi) is 5.90. The maximum atomic E-state index is 5.74. The molecule has 1 saturated heterocycles. The Labute approximate surface area is 106 Å². The lowest BCUT2D eigenvalue weighted by Crippen LogP contribution is -2.47. The molecule has 0 aromatic heterocycles. The molecule has 2 atom stereocenters. The molecule has 2 fully saturated rings. The lowest BCUT2D eigenvalue weighted by Gasteiger charge is -2.37. The number of rotatable bonds is 4. The topological polar surface area (TPSA) is 21.7 Å². The predicted molar refractivity (Wildman–Crippen MR) is 71.3 cm³/mol. The molecule has 1 saturated carbocycles. The highest BCUT2D eigenvalue weighted by atomic mass is 16.5. The van der Waals surface area contributed by atoms with Crippen molar-refractivity contribution in [2.45, 2.75) is 52.7 Å². The zero-order valence-electron chi connectivity index (χ0n) is 12.2. The van der Waals surface area contributed by atoms with E-state index in [2.05, 4.69) is 18.7 Å². The summed E-state index contributed by atoms with van der Waals surface area (Å²) < 4.78 is 11.0. The Morgan fingerprint density at radius 3 is 2.12 bits per heavy atom. The van der Waals surface area contributed by atoms with Gasteiger partial charge in [0.1, 0.15) is 0 Å². The number of methoxy groups -OCH3 is 1. The van der Waals surface area contributed by atoms with E-state index in [-0.39, 0.29) is 0 Å². The summed E-state index contributed by atoms with van der Waals surface area (Å²) in [5.74, 6) is 0. The summed E-state index contributed by atoms with van der Waals surface area (Å²) in [6, 6.07) is 0. The van der Waals surface area contributed by atoms with Crippen molar-refractivity contribution < 1.29 is 9.47 Å². The molecule has 2 unspecified atom stereocenters. The summed E-state index contributed by atoms with van der Waals surface area (Å²) in [5, 5.41) is 0. The first-order valence-electron chi connectivity index (χ1n) is 7.00. The van der Waals surface area contributed by atoms with Crippen LogP contribution in [-0.2, 0) is 9.47 Å². The molecule has 0 amide bonds. The minimum Gasteiger partial charge on any atom is -0.384 e. The quantitative estimate of drug-likeness (QED) is 0.757. The largest absolute Gasteiger partial charge is 0.384 e. The minimum absolute atomic E-state index is 0.382. The van der Waals surface area contributed by atoms with Gasteiger partial charge in [0.2, 0.25) is 0 Å². The lowest BCUT2D eigenvalue weighted by atomic mass is 10.1. The second-order valence-electron chi connectivity index (χ2n) is 5.38. The molecule has 1 heterocycles. The average Bonchev–Trinajstić information content (AvgIpc) is 2.99. The maximum absolute atomic E-state index is 5.74. The van der Waals surface area contributed by atoms with Gasteiger partial charge in [-0.15, -0.1) is 0 Å². The molecule has 0 radical (unpaired) electrons. The molecule has 0 spiro atoms. The molecule has 2 rings (SSSR count). The van der Waals surface area contributed by atoms with Gasteiger partial charge in [-0.1, -0.05) is 13.8 Å². The van der Waals surface area contributed by atoms with Gasteiger partial charge in [0.25, 0.3) is 0 Å². The lowest BCUT2D eigenvalue weighted by molar-refractivity contribution is -0.0751. The maximum Gasteiger partial charge on any atom is 0.0678 e. The first-order valence-corrected chi connectivity index (χ1v) is 7.00. The fourth-order valence-corrected chi connectivity index (χ4v) is 2.72. The Morgan fingerprint density at radius 1 is 1.18 bits per heavy atom. The van der Waals surface area contributed by atoms with Crippen molar-refractivity contribution in [3.05, 3.63) is 0 Å². The first kappa shape index (κ1) is 14.9. The highest BCUT2D eigenvalue weighted by molar-refractivity contribution is 4.96. The second kappa shape index (κ2) is 6.72. The van der Waals surface area contributed by atoms with Crippen molar-refractivity contribution in [3.63, 3.8) is 0 Å². The van der Waals surface area contributed by atoms with Gasteiger partial charge < -0.3 is 9.47 Å². The number of ether oxygens (including phenoxy) is 2. The third-order valence-electron chi connectivity index (χ3n) is 3.46. The second-order valence-corrected chi connectivity index (χ2v) is 5.38. The molecule has 0 N–H and O–H groups in total. The van der Waals surface area contributed by atoms with Crippen LogP contribution in [0, 0.1) is 5.41 Å². The van der Waals surface area contributed by atoms with E-state index in [9.17, 15) is 0 Å². The van der Waals surface area contributed by atoms with Gasteiger partial charge in [-0.2, -0.15) is 0 Å². The fraction of sp³-hybridized carbons (Fsp3) is 1.00. The molecule has 2 aliphatic rings. The van der Waals surface area contributed by atoms with Crippen molar-refractivity contribution >= 4 is 0 Å². The summed E-state index contributed by atoms with van der Waals surface area (Å²) in [4.78, 5) is 2.55. The van der Waals surface area contributed by atoms with E-state index in [0.29, 0.717) is 17.6 Å². The van der Waals surface area contributed by atoms with Crippen LogP contribution in [0.4, 0.5) is 0 Å². The van der Waals surface area contributed by atoms with Crippen LogP contribution < -0.4 is 0 Å². The highest BCUT2D eigenvalue weighted by Crippen LogP contribution is 2.46. The van der Waals surface area contributed by atoms with E-state index < -0.39 is 0 Å². The van der Waals surface area contributed by atoms with Crippen molar-refractivity contribution in [2.24, 2.45) is 5.41 Å². The van der Waals surface area contributed by atoms with E-state index >= 15 is 0 Å². The monoisotopic (exact) mass is 243 g/mol. The van der Waals surface area contributed by atoms with Gasteiger partial charge in [-0.05, 0) is 26.7 Å². The summed E-state index contributed by atoms with van der Waals surface area (Å²) in [6.07, 6.45) is 3.43. The molecular formula is C14H29NO2. The number of hydrogen-bond acceptors (Lipinski definition) is 3. The molecule has 0 aromatic carbocycles. The molecule has 1 aliphatic heterocycles. The first-order chi connectivity index (χ1) is 8.13. The van der Waals surface area contributed by atoms with Crippen LogP contribution in [0.3, 0.4) is 0 Å². The average molecular weight is 243 g/mol. The predicted octanol–water partition coefficient (Wildman–Crippen LogP) is 2.55. The van der Waals surface area contributed by atoms with E-state index in [1.165, 1.54) is 19.4 Å². The Balaban J connectivity index is 0.000000686. The molecule has 3 heteroatoms. The number of hydrogen-bond donors (Lipinski definition) is 0. The molecule has 0 bridgehead atoms. The van der Waals surface area contributed by atoms with Crippen molar-refractivity contribution in [3.8, 4) is 0 Å². The highest BCUT2D eigenvalue weighted by Gasteiger charge is 2.44. The van der Waals surface area contributed by atoms with Gasteiger partial charge in [0, 0.05) is 32.2 Å². The van der Waals surface area contributed by atoms with Gasteiger partial charge in [-0.25, -0.2) is 0 Å². The van der Waals surface area contributed by atoms with E-state index in [1.54, 1.807) is 0 Å². The molecule has 0 aromatic rings. The van der Waals surface area contributed by atoms with E-state index in [0.717, 1.165) is 19.7 Å². The molecule has 3 nitrogen and oxygen atoms in total. The van der Waals surface area contributed by atoms with Crippen LogP contribution in [0.5, 0.6) is 0 Å². The van der Waals surface area contributed by atoms with E-state index in [4.69, 9.17) is 9.47 Å². The minimum atomic E-state index is 0.382. The van der Waals surface area contributed by atoms with Gasteiger partial charge in [-0.3, -0.25) is 4.90 Å². The molecule has 1 aliphatic carbocycles. The van der Waals surface area contributed by atoms with Crippen molar-refractivity contribution in [1.82, 2.24) is 4.90 Å². The normalized spacial score (nSPS) is 31.6.